The van der Waals surface area contributed by atoms with Crippen LogP contribution in [0.3, 0.4) is 0 Å². The molecule has 1 atom stereocenters. The van der Waals surface area contributed by atoms with Crippen molar-refractivity contribution in [3.8, 4) is 0 Å². The van der Waals surface area contributed by atoms with Crippen LogP contribution in [0, 0.1) is 5.41 Å². The Hall–Kier alpha value is -0.930. The molecule has 2 aliphatic rings. The number of ether oxygens (including phenoxy) is 1. The highest BCUT2D eigenvalue weighted by Crippen LogP contribution is 2.50. The van der Waals surface area contributed by atoms with Crippen molar-refractivity contribution < 1.29 is 4.74 Å². The first-order valence-electron chi connectivity index (χ1n) is 6.96. The smallest absolute Gasteiger partial charge is 0.0628 e. The number of pyridine rings is 1. The van der Waals surface area contributed by atoms with Gasteiger partial charge in [-0.1, -0.05) is 6.07 Å². The van der Waals surface area contributed by atoms with E-state index in [0.29, 0.717) is 11.5 Å². The minimum absolute atomic E-state index is 0.514. The predicted molar refractivity (Wildman–Crippen MR) is 71.2 cm³/mol. The summed E-state index contributed by atoms with van der Waals surface area (Å²) in [5.74, 6) is 0. The van der Waals surface area contributed by atoms with Crippen LogP contribution in [0.2, 0.25) is 0 Å². The lowest BCUT2D eigenvalue weighted by molar-refractivity contribution is -0.120. The van der Waals surface area contributed by atoms with Crippen LogP contribution in [0.15, 0.2) is 24.5 Å². The van der Waals surface area contributed by atoms with Gasteiger partial charge in [0.1, 0.15) is 0 Å². The molecular formula is C15H22N2O. The molecule has 0 aromatic carbocycles. The second-order valence-electron chi connectivity index (χ2n) is 5.76. The Morgan fingerprint density at radius 3 is 2.78 bits per heavy atom. The lowest BCUT2D eigenvalue weighted by Crippen LogP contribution is -2.52. The molecule has 0 bridgehead atoms. The first-order chi connectivity index (χ1) is 8.82. The summed E-state index contributed by atoms with van der Waals surface area (Å²) in [5.41, 5.74) is 1.84. The quantitative estimate of drug-likeness (QED) is 0.819. The van der Waals surface area contributed by atoms with Gasteiger partial charge >= 0.3 is 0 Å². The normalized spacial score (nSPS) is 27.1. The van der Waals surface area contributed by atoms with E-state index in [9.17, 15) is 0 Å². The van der Waals surface area contributed by atoms with Crippen molar-refractivity contribution in [2.75, 3.05) is 20.2 Å². The van der Waals surface area contributed by atoms with Crippen molar-refractivity contribution in [3.63, 3.8) is 0 Å². The largest absolute Gasteiger partial charge is 0.381 e. The minimum atomic E-state index is 0.514. The van der Waals surface area contributed by atoms with Gasteiger partial charge in [0.2, 0.25) is 0 Å². The first kappa shape index (κ1) is 12.1. The number of rotatable bonds is 3. The van der Waals surface area contributed by atoms with Gasteiger partial charge in [-0.3, -0.25) is 9.88 Å². The van der Waals surface area contributed by atoms with Crippen LogP contribution in [-0.4, -0.2) is 36.2 Å². The lowest BCUT2D eigenvalue weighted by atomic mass is 9.61. The Morgan fingerprint density at radius 2 is 2.22 bits per heavy atom. The average molecular weight is 246 g/mol. The van der Waals surface area contributed by atoms with Crippen LogP contribution >= 0.6 is 0 Å². The van der Waals surface area contributed by atoms with Gasteiger partial charge in [0.05, 0.1) is 6.10 Å². The summed E-state index contributed by atoms with van der Waals surface area (Å²) in [6.45, 7) is 3.45. The van der Waals surface area contributed by atoms with Crippen molar-refractivity contribution in [1.29, 1.82) is 0 Å². The fourth-order valence-corrected chi connectivity index (χ4v) is 3.52. The minimum Gasteiger partial charge on any atom is -0.381 e. The predicted octanol–water partition coefficient (Wildman–Crippen LogP) is 2.47. The van der Waals surface area contributed by atoms with Gasteiger partial charge in [0.15, 0.2) is 0 Å². The molecular weight excluding hydrogens is 224 g/mol. The highest BCUT2D eigenvalue weighted by molar-refractivity contribution is 5.09. The standard InChI is InChI=1S/C15H22N2O/c1-18-14-4-5-15(14)6-9-17(10-7-15)12-13-3-2-8-16-11-13/h2-3,8,11,14H,4-7,9-10,12H2,1H3. The molecule has 18 heavy (non-hydrogen) atoms. The Labute approximate surface area is 109 Å². The summed E-state index contributed by atoms with van der Waals surface area (Å²) in [4.78, 5) is 6.73. The third-order valence-corrected chi connectivity index (χ3v) is 4.85. The molecule has 2 heterocycles. The zero-order valence-corrected chi connectivity index (χ0v) is 11.1. The third-order valence-electron chi connectivity index (χ3n) is 4.85. The molecule has 1 saturated carbocycles. The molecule has 1 aliphatic carbocycles. The SMILES string of the molecule is COC1CCC12CCN(Cc1cccnc1)CC2. The number of likely N-dealkylation sites (tertiary alicyclic amines) is 1. The molecule has 2 fully saturated rings. The molecule has 1 saturated heterocycles. The Balaban J connectivity index is 1.54. The monoisotopic (exact) mass is 246 g/mol. The van der Waals surface area contributed by atoms with Crippen LogP contribution in [0.5, 0.6) is 0 Å². The van der Waals surface area contributed by atoms with Crippen molar-refractivity contribution in [2.24, 2.45) is 5.41 Å². The summed E-state index contributed by atoms with van der Waals surface area (Å²) in [5, 5.41) is 0. The van der Waals surface area contributed by atoms with Gasteiger partial charge in [-0.25, -0.2) is 0 Å². The number of methoxy groups -OCH3 is 1. The fourth-order valence-electron chi connectivity index (χ4n) is 3.52. The molecule has 0 N–H and O–H groups in total. The van der Waals surface area contributed by atoms with Gasteiger partial charge in [-0.2, -0.15) is 0 Å². The molecule has 1 aromatic rings. The molecule has 1 unspecified atom stereocenters. The molecule has 3 rings (SSSR count). The second kappa shape index (κ2) is 4.98. The maximum Gasteiger partial charge on any atom is 0.0628 e. The zero-order valence-electron chi connectivity index (χ0n) is 11.1. The van der Waals surface area contributed by atoms with Crippen molar-refractivity contribution >= 4 is 0 Å². The summed E-state index contributed by atoms with van der Waals surface area (Å²) >= 11 is 0. The van der Waals surface area contributed by atoms with Gasteiger partial charge in [0.25, 0.3) is 0 Å². The second-order valence-corrected chi connectivity index (χ2v) is 5.76. The van der Waals surface area contributed by atoms with E-state index in [2.05, 4.69) is 16.0 Å². The maximum absolute atomic E-state index is 5.60. The number of aromatic nitrogens is 1. The summed E-state index contributed by atoms with van der Waals surface area (Å²) in [6, 6.07) is 4.19. The molecule has 1 aliphatic heterocycles. The highest BCUT2D eigenvalue weighted by atomic mass is 16.5. The topological polar surface area (TPSA) is 25.4 Å². The van der Waals surface area contributed by atoms with Crippen LogP contribution in [0.1, 0.15) is 31.2 Å². The summed E-state index contributed by atoms with van der Waals surface area (Å²) in [6.07, 6.45) is 9.57. The van der Waals surface area contributed by atoms with E-state index >= 15 is 0 Å². The summed E-state index contributed by atoms with van der Waals surface area (Å²) in [7, 11) is 1.87. The van der Waals surface area contributed by atoms with E-state index < -0.39 is 0 Å². The lowest BCUT2D eigenvalue weighted by Gasteiger charge is -2.53. The van der Waals surface area contributed by atoms with E-state index in [1.165, 1.54) is 44.3 Å². The van der Waals surface area contributed by atoms with Crippen molar-refractivity contribution in [1.82, 2.24) is 9.88 Å². The Bertz CT molecular complexity index is 383. The van der Waals surface area contributed by atoms with Gasteiger partial charge in [-0.05, 0) is 55.8 Å². The number of piperidine rings is 1. The van der Waals surface area contributed by atoms with E-state index in [1.807, 2.05) is 25.6 Å². The van der Waals surface area contributed by atoms with Crippen LogP contribution in [-0.2, 0) is 11.3 Å². The Morgan fingerprint density at radius 1 is 1.39 bits per heavy atom. The van der Waals surface area contributed by atoms with Crippen molar-refractivity contribution in [2.45, 2.75) is 38.3 Å². The molecule has 98 valence electrons. The molecule has 0 radical (unpaired) electrons. The van der Waals surface area contributed by atoms with E-state index in [0.717, 1.165) is 6.54 Å². The van der Waals surface area contributed by atoms with Crippen LogP contribution in [0.25, 0.3) is 0 Å². The highest BCUT2D eigenvalue weighted by Gasteiger charge is 2.48. The molecule has 3 nitrogen and oxygen atoms in total. The van der Waals surface area contributed by atoms with E-state index in [-0.39, 0.29) is 0 Å². The first-order valence-corrected chi connectivity index (χ1v) is 6.96. The van der Waals surface area contributed by atoms with Gasteiger partial charge in [-0.15, -0.1) is 0 Å². The van der Waals surface area contributed by atoms with Gasteiger partial charge < -0.3 is 4.74 Å². The number of hydrogen-bond acceptors (Lipinski definition) is 3. The molecule has 3 heteroatoms. The van der Waals surface area contributed by atoms with E-state index in [1.54, 1.807) is 0 Å². The fraction of sp³-hybridized carbons (Fsp3) is 0.667. The molecule has 1 spiro atoms. The van der Waals surface area contributed by atoms with Crippen LogP contribution in [0.4, 0.5) is 0 Å². The maximum atomic E-state index is 5.60. The third kappa shape index (κ3) is 2.17. The van der Waals surface area contributed by atoms with E-state index in [4.69, 9.17) is 4.74 Å². The van der Waals surface area contributed by atoms with Crippen molar-refractivity contribution in [3.05, 3.63) is 30.1 Å². The summed E-state index contributed by atoms with van der Waals surface area (Å²) < 4.78 is 5.60. The Kier molecular flexibility index (Phi) is 3.35. The van der Waals surface area contributed by atoms with Crippen LogP contribution < -0.4 is 0 Å². The number of nitrogens with zero attached hydrogens (tertiary/aromatic N) is 2. The van der Waals surface area contributed by atoms with Gasteiger partial charge in [0, 0.05) is 26.0 Å². The molecule has 0 amide bonds. The zero-order chi connectivity index (χ0) is 12.4. The number of hydrogen-bond donors (Lipinski definition) is 0. The molecule has 1 aromatic heterocycles. The average Bonchev–Trinajstić information content (AvgIpc) is 2.40.